The van der Waals surface area contributed by atoms with E-state index in [0.29, 0.717) is 0 Å². The SMILES string of the molecule is CC(C)(C)[Si](C)(C)OC(c1ccc(F)cc1)C(O)c1ccncc1. The summed E-state index contributed by atoms with van der Waals surface area (Å²) in [5.41, 5.74) is 1.50. The van der Waals surface area contributed by atoms with Gasteiger partial charge in [-0.2, -0.15) is 0 Å². The molecule has 1 aromatic carbocycles. The quantitative estimate of drug-likeness (QED) is 0.773. The molecule has 1 N–H and O–H groups in total. The monoisotopic (exact) mass is 347 g/mol. The van der Waals surface area contributed by atoms with E-state index >= 15 is 0 Å². The molecule has 5 heteroatoms. The lowest BCUT2D eigenvalue weighted by molar-refractivity contribution is 0.0252. The third kappa shape index (κ3) is 4.29. The Labute approximate surface area is 144 Å². The van der Waals surface area contributed by atoms with Gasteiger partial charge in [0.1, 0.15) is 18.0 Å². The summed E-state index contributed by atoms with van der Waals surface area (Å²) >= 11 is 0. The van der Waals surface area contributed by atoms with Crippen molar-refractivity contribution in [1.29, 1.82) is 0 Å². The van der Waals surface area contributed by atoms with Crippen LogP contribution in [0, 0.1) is 5.82 Å². The lowest BCUT2D eigenvalue weighted by atomic mass is 9.99. The molecule has 2 atom stereocenters. The van der Waals surface area contributed by atoms with Crippen molar-refractivity contribution in [3.63, 3.8) is 0 Å². The van der Waals surface area contributed by atoms with Crippen LogP contribution in [0.15, 0.2) is 48.8 Å². The van der Waals surface area contributed by atoms with Crippen LogP contribution in [0.5, 0.6) is 0 Å². The van der Waals surface area contributed by atoms with E-state index in [4.69, 9.17) is 4.43 Å². The second-order valence-corrected chi connectivity index (χ2v) is 12.3. The highest BCUT2D eigenvalue weighted by molar-refractivity contribution is 6.74. The van der Waals surface area contributed by atoms with E-state index in [1.165, 1.54) is 12.1 Å². The first-order valence-corrected chi connectivity index (χ1v) is 11.0. The molecule has 2 rings (SSSR count). The van der Waals surface area contributed by atoms with E-state index in [9.17, 15) is 9.50 Å². The highest BCUT2D eigenvalue weighted by Gasteiger charge is 2.41. The molecule has 2 aromatic rings. The summed E-state index contributed by atoms with van der Waals surface area (Å²) in [6.07, 6.45) is 1.90. The van der Waals surface area contributed by atoms with E-state index in [1.54, 1.807) is 36.7 Å². The van der Waals surface area contributed by atoms with Crippen molar-refractivity contribution in [2.75, 3.05) is 0 Å². The van der Waals surface area contributed by atoms with E-state index in [2.05, 4.69) is 38.8 Å². The van der Waals surface area contributed by atoms with Crippen LogP contribution >= 0.6 is 0 Å². The van der Waals surface area contributed by atoms with Gasteiger partial charge in [-0.15, -0.1) is 0 Å². The molecule has 130 valence electrons. The van der Waals surface area contributed by atoms with Gasteiger partial charge >= 0.3 is 0 Å². The minimum absolute atomic E-state index is 0.00322. The number of hydrogen-bond acceptors (Lipinski definition) is 3. The average Bonchev–Trinajstić information content (AvgIpc) is 2.53. The van der Waals surface area contributed by atoms with Crippen LogP contribution < -0.4 is 0 Å². The van der Waals surface area contributed by atoms with Gasteiger partial charge in [0.2, 0.25) is 0 Å². The van der Waals surface area contributed by atoms with Gasteiger partial charge in [0.05, 0.1) is 0 Å². The van der Waals surface area contributed by atoms with Crippen molar-refractivity contribution in [1.82, 2.24) is 4.98 Å². The molecule has 0 aliphatic carbocycles. The first-order valence-electron chi connectivity index (χ1n) is 8.13. The predicted octanol–water partition coefficient (Wildman–Crippen LogP) is 5.02. The van der Waals surface area contributed by atoms with Gasteiger partial charge in [0.15, 0.2) is 8.32 Å². The minimum atomic E-state index is -2.13. The lowest BCUT2D eigenvalue weighted by Crippen LogP contribution is -2.42. The number of aliphatic hydroxyl groups is 1. The number of halogens is 1. The summed E-state index contributed by atoms with van der Waals surface area (Å²) in [5.74, 6) is -0.303. The molecule has 24 heavy (non-hydrogen) atoms. The Kier molecular flexibility index (Phi) is 5.58. The zero-order valence-electron chi connectivity index (χ0n) is 15.0. The predicted molar refractivity (Wildman–Crippen MR) is 96.6 cm³/mol. The summed E-state index contributed by atoms with van der Waals surface area (Å²) in [6.45, 7) is 10.7. The Balaban J connectivity index is 2.40. The standard InChI is InChI=1S/C19H26FNO2Si/c1-19(2,3)24(4,5)23-18(15-6-8-16(20)9-7-15)17(22)14-10-12-21-13-11-14/h6-13,17-18,22H,1-5H3. The van der Waals surface area contributed by atoms with Crippen molar-refractivity contribution in [2.45, 2.75) is 51.1 Å². The van der Waals surface area contributed by atoms with Crippen molar-refractivity contribution in [3.8, 4) is 0 Å². The van der Waals surface area contributed by atoms with Gasteiger partial charge in [-0.25, -0.2) is 4.39 Å². The fourth-order valence-electron chi connectivity index (χ4n) is 2.20. The van der Waals surface area contributed by atoms with E-state index in [1.807, 2.05) is 0 Å². The zero-order chi connectivity index (χ0) is 18.0. The summed E-state index contributed by atoms with van der Waals surface area (Å²) in [5, 5.41) is 10.9. The molecule has 0 fully saturated rings. The van der Waals surface area contributed by atoms with Crippen molar-refractivity contribution < 1.29 is 13.9 Å². The van der Waals surface area contributed by atoms with Crippen LogP contribution in [0.1, 0.15) is 44.1 Å². The number of benzene rings is 1. The molecule has 0 spiro atoms. The second kappa shape index (κ2) is 7.13. The number of pyridine rings is 1. The molecule has 0 amide bonds. The van der Waals surface area contributed by atoms with Crippen molar-refractivity contribution >= 4 is 8.32 Å². The Morgan fingerprint density at radius 3 is 2.04 bits per heavy atom. The molecular weight excluding hydrogens is 321 g/mol. The maximum atomic E-state index is 13.3. The smallest absolute Gasteiger partial charge is 0.193 e. The Bertz CT molecular complexity index is 653. The zero-order valence-corrected chi connectivity index (χ0v) is 16.0. The third-order valence-corrected chi connectivity index (χ3v) is 9.22. The molecule has 1 heterocycles. The highest BCUT2D eigenvalue weighted by atomic mass is 28.4. The van der Waals surface area contributed by atoms with E-state index < -0.39 is 20.5 Å². The molecule has 2 unspecified atom stereocenters. The van der Waals surface area contributed by atoms with E-state index in [0.717, 1.165) is 11.1 Å². The van der Waals surface area contributed by atoms with Gasteiger partial charge in [-0.05, 0) is 53.5 Å². The molecule has 0 aliphatic rings. The molecule has 0 bridgehead atoms. The Morgan fingerprint density at radius 1 is 1.00 bits per heavy atom. The average molecular weight is 348 g/mol. The molecule has 0 aliphatic heterocycles. The largest absolute Gasteiger partial charge is 0.407 e. The third-order valence-electron chi connectivity index (χ3n) is 4.76. The maximum absolute atomic E-state index is 13.3. The van der Waals surface area contributed by atoms with Crippen LogP contribution in [-0.4, -0.2) is 18.4 Å². The molecule has 0 radical (unpaired) electrons. The van der Waals surface area contributed by atoms with Crippen LogP contribution in [0.4, 0.5) is 4.39 Å². The molecular formula is C19H26FNO2Si. The fourth-order valence-corrected chi connectivity index (χ4v) is 3.45. The van der Waals surface area contributed by atoms with Gasteiger partial charge in [0.25, 0.3) is 0 Å². The maximum Gasteiger partial charge on any atom is 0.193 e. The van der Waals surface area contributed by atoms with Crippen LogP contribution in [-0.2, 0) is 4.43 Å². The summed E-state index contributed by atoms with van der Waals surface area (Å²) < 4.78 is 19.8. The Hall–Kier alpha value is -1.56. The summed E-state index contributed by atoms with van der Waals surface area (Å²) in [6, 6.07) is 9.70. The van der Waals surface area contributed by atoms with Gasteiger partial charge in [-0.3, -0.25) is 4.98 Å². The Morgan fingerprint density at radius 2 is 1.54 bits per heavy atom. The number of rotatable bonds is 5. The number of nitrogens with zero attached hydrogens (tertiary/aromatic N) is 1. The number of hydrogen-bond donors (Lipinski definition) is 1. The van der Waals surface area contributed by atoms with Crippen LogP contribution in [0.3, 0.4) is 0 Å². The number of aromatic nitrogens is 1. The van der Waals surface area contributed by atoms with Gasteiger partial charge in [0, 0.05) is 12.4 Å². The summed E-state index contributed by atoms with van der Waals surface area (Å²) in [4.78, 5) is 3.99. The van der Waals surface area contributed by atoms with Gasteiger partial charge in [-0.1, -0.05) is 32.9 Å². The van der Waals surface area contributed by atoms with Crippen molar-refractivity contribution in [3.05, 3.63) is 65.7 Å². The van der Waals surface area contributed by atoms with Crippen LogP contribution in [0.2, 0.25) is 18.1 Å². The van der Waals surface area contributed by atoms with Gasteiger partial charge < -0.3 is 9.53 Å². The molecule has 0 saturated carbocycles. The topological polar surface area (TPSA) is 42.4 Å². The molecule has 3 nitrogen and oxygen atoms in total. The lowest BCUT2D eigenvalue weighted by Gasteiger charge is -2.40. The fraction of sp³-hybridized carbons (Fsp3) is 0.421. The normalized spacial score (nSPS) is 15.1. The van der Waals surface area contributed by atoms with Crippen LogP contribution in [0.25, 0.3) is 0 Å². The first-order chi connectivity index (χ1) is 11.1. The summed E-state index contributed by atoms with van der Waals surface area (Å²) in [7, 11) is -2.13. The highest BCUT2D eigenvalue weighted by Crippen LogP contribution is 2.43. The van der Waals surface area contributed by atoms with E-state index in [-0.39, 0.29) is 10.9 Å². The van der Waals surface area contributed by atoms with Crippen molar-refractivity contribution in [2.24, 2.45) is 0 Å². The molecule has 1 aromatic heterocycles. The second-order valence-electron chi connectivity index (χ2n) is 7.58. The number of aliphatic hydroxyl groups excluding tert-OH is 1. The minimum Gasteiger partial charge on any atom is -0.407 e. The molecule has 0 saturated heterocycles. The first kappa shape index (κ1) is 18.8.